The van der Waals surface area contributed by atoms with E-state index in [4.69, 9.17) is 5.11 Å². The largest absolute Gasteiger partial charge is 0.480 e. The molecule has 0 spiro atoms. The monoisotopic (exact) mass is 251 g/mol. The van der Waals surface area contributed by atoms with Crippen molar-refractivity contribution in [3.63, 3.8) is 0 Å². The van der Waals surface area contributed by atoms with Crippen molar-refractivity contribution < 1.29 is 14.7 Å². The molecular weight excluding hydrogens is 238 g/mol. The minimum absolute atomic E-state index is 0.121. The highest BCUT2D eigenvalue weighted by atomic mass is 32.2. The van der Waals surface area contributed by atoms with Gasteiger partial charge in [-0.05, 0) is 11.6 Å². The molecule has 0 aromatic heterocycles. The highest BCUT2D eigenvalue weighted by molar-refractivity contribution is 7.99. The number of benzene rings is 1. The number of likely N-dealkylation sites (N-methyl/N-ethyl adjacent to an activating group) is 1. The summed E-state index contributed by atoms with van der Waals surface area (Å²) in [5, 5.41) is 8.67. The fourth-order valence-electron chi connectivity index (χ4n) is 1.91. The summed E-state index contributed by atoms with van der Waals surface area (Å²) in [6, 6.07) is 7.78. The molecule has 4 nitrogen and oxygen atoms in total. The Balaban J connectivity index is 2.15. The third-order valence-corrected chi connectivity index (χ3v) is 3.93. The lowest BCUT2D eigenvalue weighted by Crippen LogP contribution is -2.35. The molecule has 0 fully saturated rings. The van der Waals surface area contributed by atoms with Crippen LogP contribution in [0.25, 0.3) is 0 Å². The predicted molar refractivity (Wildman–Crippen MR) is 65.2 cm³/mol. The Hall–Kier alpha value is -1.49. The highest BCUT2D eigenvalue weighted by Crippen LogP contribution is 2.39. The van der Waals surface area contributed by atoms with Crippen molar-refractivity contribution in [2.75, 3.05) is 19.3 Å². The van der Waals surface area contributed by atoms with Crippen LogP contribution in [0.3, 0.4) is 0 Å². The van der Waals surface area contributed by atoms with Crippen LogP contribution in [0, 0.1) is 0 Å². The van der Waals surface area contributed by atoms with Gasteiger partial charge >= 0.3 is 5.97 Å². The highest BCUT2D eigenvalue weighted by Gasteiger charge is 2.31. The number of nitrogens with zero attached hydrogens (tertiary/aromatic N) is 1. The molecule has 17 heavy (non-hydrogen) atoms. The Morgan fingerprint density at radius 3 is 2.88 bits per heavy atom. The van der Waals surface area contributed by atoms with E-state index in [9.17, 15) is 9.59 Å². The average Bonchev–Trinajstić information content (AvgIpc) is 2.70. The molecule has 1 aromatic carbocycles. The molecule has 0 unspecified atom stereocenters. The van der Waals surface area contributed by atoms with E-state index in [2.05, 4.69) is 0 Å². The molecule has 1 amide bonds. The van der Waals surface area contributed by atoms with E-state index in [0.29, 0.717) is 5.75 Å². The van der Waals surface area contributed by atoms with Crippen LogP contribution in [0.4, 0.5) is 0 Å². The van der Waals surface area contributed by atoms with Gasteiger partial charge in [0.05, 0.1) is 5.92 Å². The minimum Gasteiger partial charge on any atom is -0.480 e. The summed E-state index contributed by atoms with van der Waals surface area (Å²) in [5.74, 6) is -0.618. The molecule has 0 radical (unpaired) electrons. The van der Waals surface area contributed by atoms with Crippen molar-refractivity contribution in [3.8, 4) is 0 Å². The lowest BCUT2D eigenvalue weighted by molar-refractivity contribution is -0.143. The third-order valence-electron chi connectivity index (χ3n) is 2.75. The first-order chi connectivity index (χ1) is 8.09. The normalized spacial score (nSPS) is 17.6. The summed E-state index contributed by atoms with van der Waals surface area (Å²) < 4.78 is 0. The van der Waals surface area contributed by atoms with Crippen LogP contribution in [0.5, 0.6) is 0 Å². The number of carboxylic acids is 1. The molecule has 2 rings (SSSR count). The molecule has 90 valence electrons. The van der Waals surface area contributed by atoms with Crippen molar-refractivity contribution in [2.45, 2.75) is 10.8 Å². The zero-order chi connectivity index (χ0) is 12.4. The van der Waals surface area contributed by atoms with Gasteiger partial charge in [0, 0.05) is 17.7 Å². The molecular formula is C12H13NO3S. The first-order valence-corrected chi connectivity index (χ1v) is 6.26. The second-order valence-electron chi connectivity index (χ2n) is 3.99. The van der Waals surface area contributed by atoms with Crippen LogP contribution >= 0.6 is 11.8 Å². The Morgan fingerprint density at radius 2 is 2.18 bits per heavy atom. The topological polar surface area (TPSA) is 57.6 Å². The third kappa shape index (κ3) is 2.44. The SMILES string of the molecule is CN(CC(=O)O)C(=O)[C@H]1CSc2ccccc21. The molecule has 1 aromatic rings. The molecule has 5 heteroatoms. The van der Waals surface area contributed by atoms with Crippen molar-refractivity contribution >= 4 is 23.6 Å². The van der Waals surface area contributed by atoms with Crippen LogP contribution in [-0.2, 0) is 9.59 Å². The van der Waals surface area contributed by atoms with Crippen molar-refractivity contribution in [3.05, 3.63) is 29.8 Å². The van der Waals surface area contributed by atoms with Gasteiger partial charge in [-0.1, -0.05) is 18.2 Å². The van der Waals surface area contributed by atoms with Gasteiger partial charge in [-0.25, -0.2) is 0 Å². The van der Waals surface area contributed by atoms with Crippen LogP contribution in [0.1, 0.15) is 11.5 Å². The maximum Gasteiger partial charge on any atom is 0.323 e. The van der Waals surface area contributed by atoms with E-state index in [-0.39, 0.29) is 18.4 Å². The molecule has 1 heterocycles. The number of hydrogen-bond donors (Lipinski definition) is 1. The number of rotatable bonds is 3. The van der Waals surface area contributed by atoms with E-state index < -0.39 is 5.97 Å². The number of hydrogen-bond acceptors (Lipinski definition) is 3. The zero-order valence-electron chi connectivity index (χ0n) is 9.42. The lowest BCUT2D eigenvalue weighted by Gasteiger charge is -2.19. The number of carboxylic acid groups (broad SMARTS) is 1. The maximum atomic E-state index is 12.1. The first-order valence-electron chi connectivity index (χ1n) is 5.28. The summed E-state index contributed by atoms with van der Waals surface area (Å²) in [6.45, 7) is -0.248. The van der Waals surface area contributed by atoms with Crippen LogP contribution in [0.15, 0.2) is 29.2 Å². The number of amides is 1. The number of carbonyl (C=O) groups excluding carboxylic acids is 1. The fourth-order valence-corrected chi connectivity index (χ4v) is 3.13. The number of fused-ring (bicyclic) bond motifs is 1. The van der Waals surface area contributed by atoms with Gasteiger partial charge in [-0.2, -0.15) is 0 Å². The molecule has 1 atom stereocenters. The summed E-state index contributed by atoms with van der Waals surface area (Å²) in [6.07, 6.45) is 0. The maximum absolute atomic E-state index is 12.1. The molecule has 0 aliphatic carbocycles. The Labute approximate surface area is 104 Å². The van der Waals surface area contributed by atoms with Gasteiger partial charge in [0.2, 0.25) is 5.91 Å². The Kier molecular flexibility index (Phi) is 3.38. The number of aliphatic carboxylic acids is 1. The van der Waals surface area contributed by atoms with Gasteiger partial charge in [0.25, 0.3) is 0 Å². The molecule has 0 saturated heterocycles. The van der Waals surface area contributed by atoms with Crippen LogP contribution in [0.2, 0.25) is 0 Å². The molecule has 0 saturated carbocycles. The van der Waals surface area contributed by atoms with Crippen LogP contribution in [-0.4, -0.2) is 41.2 Å². The van der Waals surface area contributed by atoms with E-state index in [1.807, 2.05) is 24.3 Å². The van der Waals surface area contributed by atoms with E-state index in [0.717, 1.165) is 10.5 Å². The minimum atomic E-state index is -0.986. The van der Waals surface area contributed by atoms with Gasteiger partial charge in [-0.3, -0.25) is 9.59 Å². The Bertz CT molecular complexity index is 461. The fraction of sp³-hybridized carbons (Fsp3) is 0.333. The van der Waals surface area contributed by atoms with E-state index in [1.165, 1.54) is 11.9 Å². The lowest BCUT2D eigenvalue weighted by atomic mass is 10.00. The van der Waals surface area contributed by atoms with Gasteiger partial charge < -0.3 is 10.0 Å². The van der Waals surface area contributed by atoms with Gasteiger partial charge in [-0.15, -0.1) is 11.8 Å². The smallest absolute Gasteiger partial charge is 0.323 e. The first kappa shape index (κ1) is 12.0. The van der Waals surface area contributed by atoms with Crippen molar-refractivity contribution in [1.29, 1.82) is 0 Å². The summed E-state index contributed by atoms with van der Waals surface area (Å²) in [7, 11) is 1.53. The average molecular weight is 251 g/mol. The van der Waals surface area contributed by atoms with E-state index in [1.54, 1.807) is 11.8 Å². The standard InChI is InChI=1S/C12H13NO3S/c1-13(6-11(14)15)12(16)9-7-17-10-5-3-2-4-8(9)10/h2-5,9H,6-7H2,1H3,(H,14,15)/t9-/m0/s1. The summed E-state index contributed by atoms with van der Waals surface area (Å²) >= 11 is 1.65. The van der Waals surface area contributed by atoms with Gasteiger partial charge in [0.1, 0.15) is 6.54 Å². The summed E-state index contributed by atoms with van der Waals surface area (Å²) in [5.41, 5.74) is 1.01. The van der Waals surface area contributed by atoms with Crippen molar-refractivity contribution in [2.24, 2.45) is 0 Å². The van der Waals surface area contributed by atoms with Gasteiger partial charge in [0.15, 0.2) is 0 Å². The quantitative estimate of drug-likeness (QED) is 0.882. The number of thioether (sulfide) groups is 1. The van der Waals surface area contributed by atoms with Crippen LogP contribution < -0.4 is 0 Å². The summed E-state index contributed by atoms with van der Waals surface area (Å²) in [4.78, 5) is 25.1. The molecule has 1 aliphatic heterocycles. The molecule has 1 N–H and O–H groups in total. The second kappa shape index (κ2) is 4.79. The molecule has 0 bridgehead atoms. The van der Waals surface area contributed by atoms with Crippen molar-refractivity contribution in [1.82, 2.24) is 4.90 Å². The zero-order valence-corrected chi connectivity index (χ0v) is 10.2. The molecule has 1 aliphatic rings. The van der Waals surface area contributed by atoms with E-state index >= 15 is 0 Å². The predicted octanol–water partition coefficient (Wildman–Crippen LogP) is 1.42. The second-order valence-corrected chi connectivity index (χ2v) is 5.05. The Morgan fingerprint density at radius 1 is 1.47 bits per heavy atom. The number of carbonyl (C=O) groups is 2.